The predicted molar refractivity (Wildman–Crippen MR) is 62.0 cm³/mol. The molecule has 3 atom stereocenters. The summed E-state index contributed by atoms with van der Waals surface area (Å²) in [5.41, 5.74) is -5.78. The van der Waals surface area contributed by atoms with Crippen molar-refractivity contribution in [2.24, 2.45) is 0 Å². The molecule has 0 saturated carbocycles. The van der Waals surface area contributed by atoms with Crippen LogP contribution in [0.5, 0.6) is 0 Å². The molecule has 178 valence electrons. The molecule has 0 heterocycles. The fourth-order valence-electron chi connectivity index (χ4n) is 1.45. The van der Waals surface area contributed by atoms with E-state index in [4.69, 9.17) is 4.55 Å². The average molecular weight is 495 g/mol. The quantitative estimate of drug-likeness (QED) is 0.366. The van der Waals surface area contributed by atoms with Gasteiger partial charge in [-0.25, -0.2) is 22.0 Å². The average Bonchev–Trinajstić information content (AvgIpc) is 2.50. The normalized spacial score (nSPS) is 18.2. The summed E-state index contributed by atoms with van der Waals surface area (Å²) in [6.07, 6.45) is -15.5. The van der Waals surface area contributed by atoms with Crippen molar-refractivity contribution in [2.75, 3.05) is 0 Å². The van der Waals surface area contributed by atoms with Gasteiger partial charge >= 0.3 is 39.7 Å². The van der Waals surface area contributed by atoms with E-state index in [1.165, 1.54) is 0 Å². The van der Waals surface area contributed by atoms with Gasteiger partial charge in [0.25, 0.3) is 11.9 Å². The molecule has 0 radical (unpaired) electrons. The number of alkyl halides is 15. The Labute approximate surface area is 150 Å². The van der Waals surface area contributed by atoms with Crippen LogP contribution in [-0.4, -0.2) is 66.9 Å². The summed E-state index contributed by atoms with van der Waals surface area (Å²) in [6.45, 7) is 0. The number of hydrogen-bond acceptors (Lipinski definition) is 3. The maximum atomic E-state index is 13.2. The van der Waals surface area contributed by atoms with Crippen molar-refractivity contribution in [1.29, 1.82) is 0 Å². The molecule has 0 aliphatic carbocycles. The zero-order valence-corrected chi connectivity index (χ0v) is 13.7. The fraction of sp³-hybridized carbons (Fsp3) is 1.00. The molecule has 4 N–H and O–H groups in total. The van der Waals surface area contributed by atoms with Gasteiger partial charge in [-0.05, 0) is 0 Å². The third-order valence-corrected chi connectivity index (χ3v) is 3.86. The molecule has 0 rings (SSSR count). The van der Waals surface area contributed by atoms with Crippen molar-refractivity contribution >= 4 is 10.1 Å². The third kappa shape index (κ3) is 4.47. The highest BCUT2D eigenvalue weighted by Gasteiger charge is 2.89. The van der Waals surface area contributed by atoms with E-state index >= 15 is 0 Å². The van der Waals surface area contributed by atoms with Crippen molar-refractivity contribution in [1.82, 2.24) is 6.15 Å². The maximum absolute atomic E-state index is 13.2. The molecule has 0 aromatic carbocycles. The van der Waals surface area contributed by atoms with E-state index in [9.17, 15) is 74.3 Å². The monoisotopic (exact) mass is 495 g/mol. The van der Waals surface area contributed by atoms with Gasteiger partial charge in [-0.1, -0.05) is 0 Å². The summed E-state index contributed by atoms with van der Waals surface area (Å²) in [4.78, 5) is 0. The molecule has 0 aliphatic heterocycles. The summed E-state index contributed by atoms with van der Waals surface area (Å²) in [6, 6.07) is 0. The molecule has 29 heavy (non-hydrogen) atoms. The van der Waals surface area contributed by atoms with Gasteiger partial charge in [0.15, 0.2) is 6.17 Å². The molecule has 4 nitrogen and oxygen atoms in total. The maximum Gasteiger partial charge on any atom is 0.384 e. The minimum Gasteiger partial charge on any atom is -0.344 e. The number of halogens is 15. The first-order chi connectivity index (χ1) is 11.9. The molecular formula is C9H8F15NO3S. The summed E-state index contributed by atoms with van der Waals surface area (Å²) in [7, 11) is -7.02. The van der Waals surface area contributed by atoms with Gasteiger partial charge in [0.1, 0.15) is 0 Å². The lowest BCUT2D eigenvalue weighted by molar-refractivity contribution is -0.412. The molecule has 20 heteroatoms. The Morgan fingerprint density at radius 1 is 0.621 bits per heavy atom. The zero-order chi connectivity index (χ0) is 23.3. The van der Waals surface area contributed by atoms with E-state index < -0.39 is 64.0 Å². The van der Waals surface area contributed by atoms with E-state index in [1.807, 2.05) is 0 Å². The fourth-order valence-corrected chi connectivity index (χ4v) is 1.97. The van der Waals surface area contributed by atoms with Crippen LogP contribution in [0.1, 0.15) is 0 Å². The first kappa shape index (κ1) is 30.0. The predicted octanol–water partition coefficient (Wildman–Crippen LogP) is 4.45. The Hall–Kier alpha value is -1.18. The van der Waals surface area contributed by atoms with Crippen LogP contribution in [0.4, 0.5) is 65.9 Å². The van der Waals surface area contributed by atoms with Crippen LogP contribution in [0, 0.1) is 0 Å². The standard InChI is InChI=1S/C9H5F15O3S.H3N/c10-1(3(12)13)2(11)5(15,16)7(19,20)9(23,24)8(21,22)6(17,18)4(14)28(25,26)27;/h1-4H,(H,25,26,27);1H3. The summed E-state index contributed by atoms with van der Waals surface area (Å²) in [5, 5.41) is 0. The van der Waals surface area contributed by atoms with E-state index in [0.29, 0.717) is 0 Å². The van der Waals surface area contributed by atoms with Crippen LogP contribution >= 0.6 is 0 Å². The van der Waals surface area contributed by atoms with Crippen LogP contribution < -0.4 is 6.15 Å². The molecule has 0 aromatic heterocycles. The molecule has 3 unspecified atom stereocenters. The van der Waals surface area contributed by atoms with Crippen LogP contribution in [-0.2, 0) is 10.1 Å². The van der Waals surface area contributed by atoms with Crippen LogP contribution in [0.3, 0.4) is 0 Å². The van der Waals surface area contributed by atoms with Crippen molar-refractivity contribution in [2.45, 2.75) is 53.9 Å². The second kappa shape index (κ2) is 8.16. The molecule has 0 saturated heterocycles. The molecule has 0 aliphatic rings. The molecule has 0 amide bonds. The first-order valence-electron chi connectivity index (χ1n) is 5.98. The summed E-state index contributed by atoms with van der Waals surface area (Å²) < 4.78 is 220. The topological polar surface area (TPSA) is 89.4 Å². The highest BCUT2D eigenvalue weighted by atomic mass is 32.2. The molecule has 0 fully saturated rings. The highest BCUT2D eigenvalue weighted by molar-refractivity contribution is 7.86. The Bertz CT molecular complexity index is 666. The van der Waals surface area contributed by atoms with Crippen LogP contribution in [0.15, 0.2) is 0 Å². The lowest BCUT2D eigenvalue weighted by Crippen LogP contribution is -2.71. The van der Waals surface area contributed by atoms with E-state index in [-0.39, 0.29) is 6.15 Å². The van der Waals surface area contributed by atoms with Gasteiger partial charge in [0.05, 0.1) is 0 Å². The zero-order valence-electron chi connectivity index (χ0n) is 12.9. The summed E-state index contributed by atoms with van der Waals surface area (Å²) >= 11 is 0. The smallest absolute Gasteiger partial charge is 0.344 e. The number of rotatable bonds is 9. The van der Waals surface area contributed by atoms with Crippen molar-refractivity contribution in [3.63, 3.8) is 0 Å². The van der Waals surface area contributed by atoms with Gasteiger partial charge in [-0.15, -0.1) is 0 Å². The van der Waals surface area contributed by atoms with Crippen molar-refractivity contribution in [3.05, 3.63) is 0 Å². The van der Waals surface area contributed by atoms with Gasteiger partial charge in [-0.3, -0.25) is 4.55 Å². The molecule has 0 bridgehead atoms. The minimum atomic E-state index is -8.27. The lowest BCUT2D eigenvalue weighted by Gasteiger charge is -2.40. The van der Waals surface area contributed by atoms with Gasteiger partial charge in [-0.2, -0.15) is 52.3 Å². The third-order valence-electron chi connectivity index (χ3n) is 3.04. The first-order valence-corrected chi connectivity index (χ1v) is 7.48. The van der Waals surface area contributed by atoms with Crippen molar-refractivity contribution in [3.8, 4) is 0 Å². The minimum absolute atomic E-state index is 0. The molecule has 0 spiro atoms. The van der Waals surface area contributed by atoms with Gasteiger partial charge < -0.3 is 6.15 Å². The van der Waals surface area contributed by atoms with E-state index in [1.54, 1.807) is 0 Å². The Kier molecular flexibility index (Phi) is 8.44. The lowest BCUT2D eigenvalue weighted by atomic mass is 9.91. The highest BCUT2D eigenvalue weighted by Crippen LogP contribution is 2.59. The van der Waals surface area contributed by atoms with Gasteiger partial charge in [0.2, 0.25) is 6.17 Å². The van der Waals surface area contributed by atoms with Crippen LogP contribution in [0.25, 0.3) is 0 Å². The van der Waals surface area contributed by atoms with Crippen LogP contribution in [0.2, 0.25) is 0 Å². The summed E-state index contributed by atoms with van der Waals surface area (Å²) in [5.74, 6) is -39.6. The SMILES string of the molecule is N.O=S(=O)(O)C(F)C(F)(F)C(F)(F)C(F)(F)C(F)(F)C(F)(F)C(F)C(F)C(F)F. The van der Waals surface area contributed by atoms with E-state index in [2.05, 4.69) is 0 Å². The Morgan fingerprint density at radius 2 is 0.931 bits per heavy atom. The molecular weight excluding hydrogens is 487 g/mol. The molecule has 0 aromatic rings. The second-order valence-corrected chi connectivity index (χ2v) is 6.42. The van der Waals surface area contributed by atoms with Gasteiger partial charge in [0, 0.05) is 0 Å². The second-order valence-electron chi connectivity index (χ2n) is 4.98. The number of hydrogen-bond donors (Lipinski definition) is 2. The largest absolute Gasteiger partial charge is 0.384 e. The Balaban J connectivity index is 0. The van der Waals surface area contributed by atoms with Crippen molar-refractivity contribution < 1.29 is 78.8 Å². The van der Waals surface area contributed by atoms with E-state index in [0.717, 1.165) is 0 Å². The Morgan fingerprint density at radius 3 is 1.21 bits per heavy atom.